The molecule has 1 N–H and O–H groups in total. The fraction of sp³-hybridized carbons (Fsp3) is 0.692. The van der Waals surface area contributed by atoms with E-state index in [4.69, 9.17) is 4.74 Å². The smallest absolute Gasteiger partial charge is 0.0641 e. The van der Waals surface area contributed by atoms with E-state index < -0.39 is 0 Å². The second-order valence-electron chi connectivity index (χ2n) is 5.35. The molecule has 0 bridgehead atoms. The first kappa shape index (κ1) is 13.5. The van der Waals surface area contributed by atoms with Gasteiger partial charge >= 0.3 is 0 Å². The Labute approximate surface area is 116 Å². The molecule has 4 heteroatoms. The van der Waals surface area contributed by atoms with Crippen LogP contribution in [0.4, 0.5) is 0 Å². The highest BCUT2D eigenvalue weighted by Gasteiger charge is 2.29. The van der Waals surface area contributed by atoms with E-state index in [9.17, 15) is 0 Å². The van der Waals surface area contributed by atoms with E-state index in [0.29, 0.717) is 12.1 Å². The minimum atomic E-state index is 0.0195. The third-order valence-electron chi connectivity index (χ3n) is 3.20. The number of nitrogens with one attached hydrogen (secondary N) is 1. The predicted octanol–water partition coefficient (Wildman–Crippen LogP) is 4.12. The quantitative estimate of drug-likeness (QED) is 0.905. The zero-order chi connectivity index (χ0) is 12.5. The minimum absolute atomic E-state index is 0.0195. The van der Waals surface area contributed by atoms with E-state index in [0.717, 1.165) is 19.4 Å². The van der Waals surface area contributed by atoms with Crippen molar-refractivity contribution in [2.45, 2.75) is 51.3 Å². The van der Waals surface area contributed by atoms with E-state index >= 15 is 0 Å². The van der Waals surface area contributed by atoms with Gasteiger partial charge in [-0.2, -0.15) is 0 Å². The third kappa shape index (κ3) is 3.78. The van der Waals surface area contributed by atoms with Gasteiger partial charge in [0, 0.05) is 33.4 Å². The molecule has 2 rings (SSSR count). The lowest BCUT2D eigenvalue weighted by Gasteiger charge is -2.37. The molecule has 2 heterocycles. The lowest BCUT2D eigenvalue weighted by molar-refractivity contribution is -0.0639. The van der Waals surface area contributed by atoms with Crippen molar-refractivity contribution in [2.24, 2.45) is 0 Å². The summed E-state index contributed by atoms with van der Waals surface area (Å²) in [5, 5.41) is 5.85. The van der Waals surface area contributed by atoms with Gasteiger partial charge in [-0.15, -0.1) is 11.3 Å². The van der Waals surface area contributed by atoms with Crippen molar-refractivity contribution < 1.29 is 4.74 Å². The number of hydrogen-bond acceptors (Lipinski definition) is 3. The van der Waals surface area contributed by atoms with Crippen LogP contribution in [0.5, 0.6) is 0 Å². The summed E-state index contributed by atoms with van der Waals surface area (Å²) in [6.45, 7) is 7.45. The van der Waals surface area contributed by atoms with Crippen molar-refractivity contribution in [1.29, 1.82) is 0 Å². The molecule has 2 atom stereocenters. The first-order valence-corrected chi connectivity index (χ1v) is 7.77. The summed E-state index contributed by atoms with van der Waals surface area (Å²) in [6.07, 6.45) is 2.20. The molecule has 0 aromatic carbocycles. The van der Waals surface area contributed by atoms with Crippen molar-refractivity contribution in [1.82, 2.24) is 5.32 Å². The molecule has 1 aromatic heterocycles. The summed E-state index contributed by atoms with van der Waals surface area (Å²) in [5.41, 5.74) is 0.0195. The number of rotatable bonds is 3. The maximum Gasteiger partial charge on any atom is 0.0641 e. The Morgan fingerprint density at radius 2 is 2.35 bits per heavy atom. The predicted molar refractivity (Wildman–Crippen MR) is 76.6 cm³/mol. The standard InChI is InChI=1S/C13H20BrNOS/c1-9(12-6-10(14)8-17-12)15-11-4-5-16-13(2,3)7-11/h6,8-9,11,15H,4-5,7H2,1-3H3. The molecule has 1 saturated heterocycles. The van der Waals surface area contributed by atoms with Gasteiger partial charge < -0.3 is 10.1 Å². The van der Waals surface area contributed by atoms with Crippen LogP contribution < -0.4 is 5.32 Å². The number of hydrogen-bond donors (Lipinski definition) is 1. The molecule has 1 aromatic rings. The molecule has 1 aliphatic heterocycles. The Bertz CT molecular complexity index is 377. The van der Waals surface area contributed by atoms with Crippen molar-refractivity contribution in [3.05, 3.63) is 20.8 Å². The zero-order valence-corrected chi connectivity index (χ0v) is 13.0. The van der Waals surface area contributed by atoms with Crippen LogP contribution in [0.25, 0.3) is 0 Å². The maximum absolute atomic E-state index is 5.74. The fourth-order valence-electron chi connectivity index (χ4n) is 2.37. The van der Waals surface area contributed by atoms with E-state index in [1.807, 2.05) is 0 Å². The maximum atomic E-state index is 5.74. The van der Waals surface area contributed by atoms with Gasteiger partial charge in [0.25, 0.3) is 0 Å². The highest BCUT2D eigenvalue weighted by atomic mass is 79.9. The molecular weight excluding hydrogens is 298 g/mol. The largest absolute Gasteiger partial charge is 0.375 e. The van der Waals surface area contributed by atoms with Crippen LogP contribution in [0.2, 0.25) is 0 Å². The minimum Gasteiger partial charge on any atom is -0.375 e. The summed E-state index contributed by atoms with van der Waals surface area (Å²) >= 11 is 5.31. The molecule has 2 unspecified atom stereocenters. The SMILES string of the molecule is CC(NC1CCOC(C)(C)C1)c1cc(Br)cs1. The molecule has 0 amide bonds. The van der Waals surface area contributed by atoms with Crippen LogP contribution in [-0.4, -0.2) is 18.2 Å². The average Bonchev–Trinajstić information content (AvgIpc) is 2.63. The summed E-state index contributed by atoms with van der Waals surface area (Å²) in [6, 6.07) is 3.19. The lowest BCUT2D eigenvalue weighted by Crippen LogP contribution is -2.44. The van der Waals surface area contributed by atoms with Gasteiger partial charge in [-0.1, -0.05) is 0 Å². The van der Waals surface area contributed by atoms with E-state index in [-0.39, 0.29) is 5.60 Å². The van der Waals surface area contributed by atoms with Crippen LogP contribution in [0.3, 0.4) is 0 Å². The molecular formula is C13H20BrNOS. The monoisotopic (exact) mass is 317 g/mol. The first-order valence-electron chi connectivity index (χ1n) is 6.10. The summed E-state index contributed by atoms with van der Waals surface area (Å²) in [4.78, 5) is 1.39. The highest BCUT2D eigenvalue weighted by Crippen LogP contribution is 2.29. The third-order valence-corrected chi connectivity index (χ3v) is 5.07. The van der Waals surface area contributed by atoms with Gasteiger partial charge in [0.15, 0.2) is 0 Å². The number of halogens is 1. The normalized spacial score (nSPS) is 25.8. The van der Waals surface area contributed by atoms with Crippen molar-refractivity contribution in [2.75, 3.05) is 6.61 Å². The molecule has 96 valence electrons. The highest BCUT2D eigenvalue weighted by molar-refractivity contribution is 9.10. The molecule has 2 nitrogen and oxygen atoms in total. The Kier molecular flexibility index (Phi) is 4.29. The van der Waals surface area contributed by atoms with E-state index in [1.54, 1.807) is 11.3 Å². The number of ether oxygens (including phenoxy) is 1. The topological polar surface area (TPSA) is 21.3 Å². The average molecular weight is 318 g/mol. The molecule has 0 saturated carbocycles. The van der Waals surface area contributed by atoms with E-state index in [2.05, 4.69) is 53.5 Å². The first-order chi connectivity index (χ1) is 7.96. The van der Waals surface area contributed by atoms with Gasteiger partial charge in [-0.25, -0.2) is 0 Å². The zero-order valence-electron chi connectivity index (χ0n) is 10.6. The Balaban J connectivity index is 1.92. The lowest BCUT2D eigenvalue weighted by atomic mass is 9.93. The van der Waals surface area contributed by atoms with Crippen molar-refractivity contribution in [3.63, 3.8) is 0 Å². The Hall–Kier alpha value is 0.1000. The molecule has 0 radical (unpaired) electrons. The van der Waals surface area contributed by atoms with E-state index in [1.165, 1.54) is 9.35 Å². The van der Waals surface area contributed by atoms with Gasteiger partial charge in [-0.05, 0) is 55.6 Å². The second kappa shape index (κ2) is 5.39. The Morgan fingerprint density at radius 1 is 1.59 bits per heavy atom. The molecule has 0 spiro atoms. The number of thiophene rings is 1. The van der Waals surface area contributed by atoms with Crippen molar-refractivity contribution in [3.8, 4) is 0 Å². The molecule has 17 heavy (non-hydrogen) atoms. The van der Waals surface area contributed by atoms with Gasteiger partial charge in [0.05, 0.1) is 5.60 Å². The van der Waals surface area contributed by atoms with Gasteiger partial charge in [-0.3, -0.25) is 0 Å². The second-order valence-corrected chi connectivity index (χ2v) is 7.21. The fourth-order valence-corrected chi connectivity index (χ4v) is 3.83. The van der Waals surface area contributed by atoms with Crippen LogP contribution in [0, 0.1) is 0 Å². The molecule has 1 fully saturated rings. The van der Waals surface area contributed by atoms with Crippen molar-refractivity contribution >= 4 is 27.3 Å². The van der Waals surface area contributed by atoms with Crippen LogP contribution in [0.15, 0.2) is 15.9 Å². The van der Waals surface area contributed by atoms with Gasteiger partial charge in [0.1, 0.15) is 0 Å². The van der Waals surface area contributed by atoms with Gasteiger partial charge in [0.2, 0.25) is 0 Å². The summed E-state index contributed by atoms with van der Waals surface area (Å²) in [5.74, 6) is 0. The van der Waals surface area contributed by atoms with Crippen LogP contribution in [-0.2, 0) is 4.74 Å². The van der Waals surface area contributed by atoms with Crippen LogP contribution in [0.1, 0.15) is 44.5 Å². The Morgan fingerprint density at radius 3 is 2.94 bits per heavy atom. The summed E-state index contributed by atoms with van der Waals surface area (Å²) < 4.78 is 6.92. The van der Waals surface area contributed by atoms with Crippen LogP contribution >= 0.6 is 27.3 Å². The molecule has 0 aliphatic carbocycles. The molecule has 1 aliphatic rings. The summed E-state index contributed by atoms with van der Waals surface area (Å²) in [7, 11) is 0.